The van der Waals surface area contributed by atoms with Crippen LogP contribution >= 0.6 is 22.9 Å². The van der Waals surface area contributed by atoms with Crippen LogP contribution in [0.25, 0.3) is 0 Å². The van der Waals surface area contributed by atoms with Gasteiger partial charge in [0.05, 0.1) is 12.0 Å². The Balaban J connectivity index is 1.71. The molecule has 0 radical (unpaired) electrons. The summed E-state index contributed by atoms with van der Waals surface area (Å²) in [5, 5.41) is 2.49. The third kappa shape index (κ3) is 3.50. The van der Waals surface area contributed by atoms with E-state index in [-0.39, 0.29) is 24.3 Å². The molecule has 0 spiro atoms. The van der Waals surface area contributed by atoms with Gasteiger partial charge < -0.3 is 4.90 Å². The molecule has 2 fully saturated rings. The van der Waals surface area contributed by atoms with Gasteiger partial charge in [0.1, 0.15) is 6.04 Å². The summed E-state index contributed by atoms with van der Waals surface area (Å²) in [4.78, 5) is 44.7. The molecule has 33 heavy (non-hydrogen) atoms. The Labute approximate surface area is 200 Å². The van der Waals surface area contributed by atoms with Crippen molar-refractivity contribution in [1.29, 1.82) is 0 Å². The topological polar surface area (TPSA) is 57.7 Å². The van der Waals surface area contributed by atoms with Crippen LogP contribution in [-0.2, 0) is 4.79 Å². The van der Waals surface area contributed by atoms with E-state index in [1.165, 1.54) is 16.2 Å². The number of carbonyl (C=O) groups excluding carboxylic acids is 3. The van der Waals surface area contributed by atoms with E-state index in [0.29, 0.717) is 10.6 Å². The van der Waals surface area contributed by atoms with Crippen molar-refractivity contribution in [2.45, 2.75) is 18.0 Å². The highest BCUT2D eigenvalue weighted by Gasteiger charge is 2.63. The smallest absolute Gasteiger partial charge is 0.303 e. The van der Waals surface area contributed by atoms with Crippen molar-refractivity contribution >= 4 is 40.7 Å². The molecular weight excluding hydrogens is 456 g/mol. The van der Waals surface area contributed by atoms with Gasteiger partial charge in [0.25, 0.3) is 5.91 Å². The normalized spacial score (nSPS) is 24.3. The standard InChI is InChI=1S/C26H21ClN2O3S/c1-2-14-28-25(31)23-20(16-10-12-18(27)13-11-16)21(24(30)17-7-4-3-5-8-17)22(29(23)26(28)32)19-9-6-15-33-19/h2-13,15,20-23H,1,14H2. The van der Waals surface area contributed by atoms with Crippen LogP contribution in [0.1, 0.15) is 32.8 Å². The van der Waals surface area contributed by atoms with Crippen molar-refractivity contribution in [3.8, 4) is 0 Å². The second kappa shape index (κ2) is 8.61. The lowest BCUT2D eigenvalue weighted by Gasteiger charge is -2.27. The summed E-state index contributed by atoms with van der Waals surface area (Å²) in [5.41, 5.74) is 1.37. The molecule has 0 N–H and O–H groups in total. The summed E-state index contributed by atoms with van der Waals surface area (Å²) in [6, 6.07) is 18.4. The fourth-order valence-electron chi connectivity index (χ4n) is 5.06. The van der Waals surface area contributed by atoms with E-state index in [0.717, 1.165) is 10.4 Å². The molecule has 4 unspecified atom stereocenters. The zero-order valence-corrected chi connectivity index (χ0v) is 19.2. The molecule has 7 heteroatoms. The fourth-order valence-corrected chi connectivity index (χ4v) is 6.06. The van der Waals surface area contributed by atoms with Crippen LogP contribution in [0.3, 0.4) is 0 Å². The first-order valence-electron chi connectivity index (χ1n) is 10.7. The summed E-state index contributed by atoms with van der Waals surface area (Å²) >= 11 is 7.62. The van der Waals surface area contributed by atoms with Crippen molar-refractivity contribution in [2.75, 3.05) is 6.54 Å². The Bertz CT molecular complexity index is 1210. The number of rotatable bonds is 6. The summed E-state index contributed by atoms with van der Waals surface area (Å²) in [6.45, 7) is 3.83. The van der Waals surface area contributed by atoms with Crippen LogP contribution in [0.4, 0.5) is 4.79 Å². The molecule has 2 aliphatic rings. The van der Waals surface area contributed by atoms with Gasteiger partial charge in [-0.1, -0.05) is 66.2 Å². The maximum atomic E-state index is 14.0. The predicted molar refractivity (Wildman–Crippen MR) is 128 cm³/mol. The number of fused-ring (bicyclic) bond motifs is 1. The van der Waals surface area contributed by atoms with Crippen molar-refractivity contribution in [2.24, 2.45) is 5.92 Å². The number of benzene rings is 2. The number of ketones is 1. The van der Waals surface area contributed by atoms with Crippen LogP contribution in [0.2, 0.25) is 5.02 Å². The number of urea groups is 1. The second-order valence-corrected chi connectivity index (χ2v) is 9.58. The van der Waals surface area contributed by atoms with Gasteiger partial charge in [-0.15, -0.1) is 17.9 Å². The third-order valence-electron chi connectivity index (χ3n) is 6.40. The van der Waals surface area contributed by atoms with Crippen LogP contribution in [0.5, 0.6) is 0 Å². The Morgan fingerprint density at radius 1 is 1.00 bits per heavy atom. The number of halogens is 1. The average Bonchev–Trinajstić information content (AvgIpc) is 3.53. The lowest BCUT2D eigenvalue weighted by Crippen LogP contribution is -2.38. The Kier molecular flexibility index (Phi) is 5.64. The first-order chi connectivity index (χ1) is 16.0. The van der Waals surface area contributed by atoms with Crippen LogP contribution < -0.4 is 0 Å². The highest BCUT2D eigenvalue weighted by atomic mass is 35.5. The van der Waals surface area contributed by atoms with Crippen LogP contribution in [-0.4, -0.2) is 40.1 Å². The maximum absolute atomic E-state index is 14.0. The van der Waals surface area contributed by atoms with Gasteiger partial charge in [-0.2, -0.15) is 0 Å². The maximum Gasteiger partial charge on any atom is 0.328 e. The van der Waals surface area contributed by atoms with Crippen molar-refractivity contribution in [3.05, 3.63) is 106 Å². The van der Waals surface area contributed by atoms with Crippen molar-refractivity contribution in [3.63, 3.8) is 0 Å². The number of thiophene rings is 1. The number of imide groups is 1. The minimum absolute atomic E-state index is 0.0841. The Morgan fingerprint density at radius 3 is 2.36 bits per heavy atom. The molecule has 5 rings (SSSR count). The first kappa shape index (κ1) is 21.6. The molecule has 0 saturated carbocycles. The zero-order chi connectivity index (χ0) is 23.1. The van der Waals surface area contributed by atoms with E-state index in [2.05, 4.69) is 6.58 Å². The highest BCUT2D eigenvalue weighted by molar-refractivity contribution is 7.10. The van der Waals surface area contributed by atoms with Gasteiger partial charge in [-0.05, 0) is 29.1 Å². The molecule has 2 saturated heterocycles. The molecule has 166 valence electrons. The average molecular weight is 477 g/mol. The Hall–Kier alpha value is -3.22. The molecule has 3 aromatic rings. The molecule has 4 atom stereocenters. The van der Waals surface area contributed by atoms with E-state index in [9.17, 15) is 14.4 Å². The van der Waals surface area contributed by atoms with E-state index in [1.807, 2.05) is 47.8 Å². The third-order valence-corrected chi connectivity index (χ3v) is 7.59. The van der Waals surface area contributed by atoms with Crippen LogP contribution in [0, 0.1) is 5.92 Å². The fraction of sp³-hybridized carbons (Fsp3) is 0.192. The van der Waals surface area contributed by atoms with Gasteiger partial charge >= 0.3 is 6.03 Å². The monoisotopic (exact) mass is 476 g/mol. The first-order valence-corrected chi connectivity index (χ1v) is 11.9. The van der Waals surface area contributed by atoms with E-state index in [1.54, 1.807) is 35.2 Å². The number of amides is 3. The lowest BCUT2D eigenvalue weighted by atomic mass is 9.77. The van der Waals surface area contributed by atoms with E-state index in [4.69, 9.17) is 11.6 Å². The SMILES string of the molecule is C=CCN1C(=O)C2C(c3ccc(Cl)cc3)C(C(=O)c3ccccc3)C(c3cccs3)N2C1=O. The van der Waals surface area contributed by atoms with Gasteiger partial charge in [0.15, 0.2) is 5.78 Å². The molecule has 1 aromatic heterocycles. The summed E-state index contributed by atoms with van der Waals surface area (Å²) in [5.74, 6) is -1.51. The lowest BCUT2D eigenvalue weighted by molar-refractivity contribution is -0.128. The van der Waals surface area contributed by atoms with Crippen LogP contribution in [0.15, 0.2) is 84.8 Å². The molecule has 2 aliphatic heterocycles. The molecule has 5 nitrogen and oxygen atoms in total. The minimum atomic E-state index is -0.775. The number of nitrogens with zero attached hydrogens (tertiary/aromatic N) is 2. The quantitative estimate of drug-likeness (QED) is 0.266. The number of carbonyl (C=O) groups is 3. The van der Waals surface area contributed by atoms with Gasteiger partial charge in [0, 0.05) is 27.9 Å². The van der Waals surface area contributed by atoms with Gasteiger partial charge in [-0.25, -0.2) is 4.79 Å². The summed E-state index contributed by atoms with van der Waals surface area (Å²) < 4.78 is 0. The predicted octanol–water partition coefficient (Wildman–Crippen LogP) is 5.56. The largest absolute Gasteiger partial charge is 0.328 e. The number of hydrogen-bond acceptors (Lipinski definition) is 4. The molecular formula is C26H21ClN2O3S. The molecule has 2 aromatic carbocycles. The van der Waals surface area contributed by atoms with Crippen molar-refractivity contribution < 1.29 is 14.4 Å². The van der Waals surface area contributed by atoms with Crippen molar-refractivity contribution in [1.82, 2.24) is 9.80 Å². The summed E-state index contributed by atoms with van der Waals surface area (Å²) in [6.07, 6.45) is 1.54. The highest BCUT2D eigenvalue weighted by Crippen LogP contribution is 2.54. The number of Topliss-reactive ketones (excluding diaryl/α,β-unsaturated/α-hetero) is 1. The molecule has 0 bridgehead atoms. The second-order valence-electron chi connectivity index (χ2n) is 8.17. The van der Waals surface area contributed by atoms with Gasteiger partial charge in [-0.3, -0.25) is 14.5 Å². The number of hydrogen-bond donors (Lipinski definition) is 0. The molecule has 0 aliphatic carbocycles. The van der Waals surface area contributed by atoms with Gasteiger partial charge in [0.2, 0.25) is 0 Å². The zero-order valence-electron chi connectivity index (χ0n) is 17.6. The Morgan fingerprint density at radius 2 is 1.73 bits per heavy atom. The summed E-state index contributed by atoms with van der Waals surface area (Å²) in [7, 11) is 0. The van der Waals surface area contributed by atoms with E-state index < -0.39 is 23.9 Å². The molecule has 3 amide bonds. The minimum Gasteiger partial charge on any atom is -0.303 e. The van der Waals surface area contributed by atoms with E-state index >= 15 is 0 Å². The molecule has 3 heterocycles.